The van der Waals surface area contributed by atoms with Gasteiger partial charge in [0.2, 0.25) is 5.91 Å². The molecule has 0 atom stereocenters. The molecule has 1 amide bonds. The highest BCUT2D eigenvalue weighted by Crippen LogP contribution is 2.12. The van der Waals surface area contributed by atoms with Crippen molar-refractivity contribution in [1.29, 1.82) is 0 Å². The molecular weight excluding hydrogens is 274 g/mol. The van der Waals surface area contributed by atoms with Gasteiger partial charge in [0.05, 0.1) is 13.2 Å². The number of morpholine rings is 1. The minimum atomic E-state index is 0.130. The smallest absolute Gasteiger partial charge is 0.246 e. The number of nitrogens with zero attached hydrogens (tertiary/aromatic N) is 1. The van der Waals surface area contributed by atoms with Gasteiger partial charge < -0.3 is 9.64 Å². The van der Waals surface area contributed by atoms with E-state index in [0.717, 1.165) is 31.3 Å². The average Bonchev–Trinajstić information content (AvgIpc) is 2.47. The molecule has 1 aliphatic heterocycles. The van der Waals surface area contributed by atoms with E-state index in [-0.39, 0.29) is 5.91 Å². The van der Waals surface area contributed by atoms with Gasteiger partial charge in [-0.1, -0.05) is 28.9 Å². The molecular formula is C19H31NO2. The summed E-state index contributed by atoms with van der Waals surface area (Å²) in [5.41, 5.74) is 3.97. The zero-order chi connectivity index (χ0) is 16.4. The molecule has 22 heavy (non-hydrogen) atoms. The van der Waals surface area contributed by atoms with Gasteiger partial charge in [0.1, 0.15) is 0 Å². The van der Waals surface area contributed by atoms with Crippen LogP contribution in [-0.4, -0.2) is 37.1 Å². The predicted octanol–water partition coefficient (Wildman–Crippen LogP) is 4.26. The second kappa shape index (κ2) is 10.4. The molecule has 0 bridgehead atoms. The number of hydrogen-bond donors (Lipinski definition) is 0. The van der Waals surface area contributed by atoms with Gasteiger partial charge in [-0.3, -0.25) is 4.79 Å². The van der Waals surface area contributed by atoms with Crippen molar-refractivity contribution in [3.05, 3.63) is 34.9 Å². The van der Waals surface area contributed by atoms with Crippen LogP contribution in [0.2, 0.25) is 0 Å². The summed E-state index contributed by atoms with van der Waals surface area (Å²) >= 11 is 0. The Labute approximate surface area is 135 Å². The first-order valence-corrected chi connectivity index (χ1v) is 8.32. The first-order chi connectivity index (χ1) is 10.5. The molecule has 0 saturated carbocycles. The zero-order valence-electron chi connectivity index (χ0n) is 14.7. The van der Waals surface area contributed by atoms with Crippen molar-refractivity contribution in [2.75, 3.05) is 26.3 Å². The van der Waals surface area contributed by atoms with Crippen molar-refractivity contribution in [3.63, 3.8) is 0 Å². The standard InChI is InChI=1S/C19H31NO2/c1-16(2)7-5-8-17(3)9-6-10-18(4)15-19(21)20-11-13-22-14-12-20/h7,9,15H,5-6,8,10-14H2,1-4H3. The SMILES string of the molecule is CC(C)=CCCC(C)=CCCC(C)=CC(=O)N1CCOCC1. The van der Waals surface area contributed by atoms with E-state index < -0.39 is 0 Å². The molecule has 0 aromatic heterocycles. The van der Waals surface area contributed by atoms with Crippen LogP contribution in [0.5, 0.6) is 0 Å². The fraction of sp³-hybridized carbons (Fsp3) is 0.632. The van der Waals surface area contributed by atoms with Crippen LogP contribution in [0.4, 0.5) is 0 Å². The van der Waals surface area contributed by atoms with Crippen LogP contribution in [0.25, 0.3) is 0 Å². The Hall–Kier alpha value is -1.35. The maximum Gasteiger partial charge on any atom is 0.246 e. The summed E-state index contributed by atoms with van der Waals surface area (Å²) < 4.78 is 5.27. The minimum absolute atomic E-state index is 0.130. The van der Waals surface area contributed by atoms with Gasteiger partial charge in [0.25, 0.3) is 0 Å². The van der Waals surface area contributed by atoms with Gasteiger partial charge >= 0.3 is 0 Å². The van der Waals surface area contributed by atoms with Crippen LogP contribution in [0.3, 0.4) is 0 Å². The molecule has 1 rings (SSSR count). The summed E-state index contributed by atoms with van der Waals surface area (Å²) in [5, 5.41) is 0. The molecule has 0 unspecified atom stereocenters. The molecule has 124 valence electrons. The summed E-state index contributed by atoms with van der Waals surface area (Å²) in [5.74, 6) is 0.130. The highest BCUT2D eigenvalue weighted by atomic mass is 16.5. The molecule has 3 heteroatoms. The van der Waals surface area contributed by atoms with E-state index in [1.165, 1.54) is 11.1 Å². The van der Waals surface area contributed by atoms with E-state index in [0.29, 0.717) is 26.3 Å². The Morgan fingerprint density at radius 2 is 1.55 bits per heavy atom. The Bertz CT molecular complexity index is 436. The van der Waals surface area contributed by atoms with Gasteiger partial charge in [0.15, 0.2) is 0 Å². The van der Waals surface area contributed by atoms with Gasteiger partial charge in [-0.2, -0.15) is 0 Å². The van der Waals surface area contributed by atoms with Crippen molar-refractivity contribution < 1.29 is 9.53 Å². The monoisotopic (exact) mass is 305 g/mol. The van der Waals surface area contributed by atoms with Crippen molar-refractivity contribution in [2.45, 2.75) is 53.4 Å². The number of rotatable bonds is 7. The van der Waals surface area contributed by atoms with E-state index >= 15 is 0 Å². The molecule has 0 aromatic rings. The lowest BCUT2D eigenvalue weighted by Gasteiger charge is -2.25. The lowest BCUT2D eigenvalue weighted by molar-refractivity contribution is -0.130. The number of amides is 1. The summed E-state index contributed by atoms with van der Waals surface area (Å²) in [6, 6.07) is 0. The minimum Gasteiger partial charge on any atom is -0.378 e. The molecule has 3 nitrogen and oxygen atoms in total. The number of allylic oxidation sites excluding steroid dienone is 5. The maximum atomic E-state index is 12.1. The number of carbonyl (C=O) groups excluding carboxylic acids is 1. The van der Waals surface area contributed by atoms with E-state index in [2.05, 4.69) is 32.9 Å². The van der Waals surface area contributed by atoms with Crippen LogP contribution in [0, 0.1) is 0 Å². The third kappa shape index (κ3) is 8.18. The summed E-state index contributed by atoms with van der Waals surface area (Å²) in [7, 11) is 0. The predicted molar refractivity (Wildman–Crippen MR) is 92.8 cm³/mol. The van der Waals surface area contributed by atoms with Gasteiger partial charge in [-0.05, 0) is 53.4 Å². The highest BCUT2D eigenvalue weighted by Gasteiger charge is 2.14. The van der Waals surface area contributed by atoms with E-state index in [9.17, 15) is 4.79 Å². The Balaban J connectivity index is 2.31. The fourth-order valence-corrected chi connectivity index (χ4v) is 2.39. The van der Waals surface area contributed by atoms with Crippen LogP contribution in [0.15, 0.2) is 34.9 Å². The topological polar surface area (TPSA) is 29.5 Å². The van der Waals surface area contributed by atoms with Crippen LogP contribution in [0.1, 0.15) is 53.4 Å². The van der Waals surface area contributed by atoms with Crippen molar-refractivity contribution in [2.24, 2.45) is 0 Å². The molecule has 1 fully saturated rings. The number of hydrogen-bond acceptors (Lipinski definition) is 2. The Kier molecular flexibility index (Phi) is 8.83. The fourth-order valence-electron chi connectivity index (χ4n) is 2.39. The first-order valence-electron chi connectivity index (χ1n) is 8.32. The molecule has 0 N–H and O–H groups in total. The molecule has 1 aliphatic rings. The molecule has 0 aliphatic carbocycles. The largest absolute Gasteiger partial charge is 0.378 e. The summed E-state index contributed by atoms with van der Waals surface area (Å²) in [4.78, 5) is 14.0. The van der Waals surface area contributed by atoms with Gasteiger partial charge in [0, 0.05) is 19.2 Å². The summed E-state index contributed by atoms with van der Waals surface area (Å²) in [6.45, 7) is 11.3. The zero-order valence-corrected chi connectivity index (χ0v) is 14.7. The van der Waals surface area contributed by atoms with E-state index in [1.807, 2.05) is 11.8 Å². The van der Waals surface area contributed by atoms with Crippen LogP contribution < -0.4 is 0 Å². The quantitative estimate of drug-likeness (QED) is 0.519. The third-order valence-corrected chi connectivity index (χ3v) is 3.82. The number of ether oxygens (including phenoxy) is 1. The first kappa shape index (κ1) is 18.7. The van der Waals surface area contributed by atoms with Crippen molar-refractivity contribution in [3.8, 4) is 0 Å². The van der Waals surface area contributed by atoms with Crippen LogP contribution in [-0.2, 0) is 9.53 Å². The van der Waals surface area contributed by atoms with E-state index in [1.54, 1.807) is 6.08 Å². The highest BCUT2D eigenvalue weighted by molar-refractivity contribution is 5.88. The average molecular weight is 305 g/mol. The number of carbonyl (C=O) groups is 1. The van der Waals surface area contributed by atoms with Crippen LogP contribution >= 0.6 is 0 Å². The summed E-state index contributed by atoms with van der Waals surface area (Å²) in [6.07, 6.45) is 10.6. The third-order valence-electron chi connectivity index (χ3n) is 3.82. The Morgan fingerprint density at radius 1 is 0.955 bits per heavy atom. The maximum absolute atomic E-state index is 12.1. The lowest BCUT2D eigenvalue weighted by atomic mass is 10.1. The van der Waals surface area contributed by atoms with Crippen molar-refractivity contribution in [1.82, 2.24) is 4.90 Å². The van der Waals surface area contributed by atoms with Gasteiger partial charge in [-0.25, -0.2) is 0 Å². The van der Waals surface area contributed by atoms with Gasteiger partial charge in [-0.15, -0.1) is 0 Å². The molecule has 0 radical (unpaired) electrons. The molecule has 0 aromatic carbocycles. The lowest BCUT2D eigenvalue weighted by Crippen LogP contribution is -2.39. The normalized spacial score (nSPS) is 16.6. The second-order valence-corrected chi connectivity index (χ2v) is 6.34. The molecule has 0 spiro atoms. The van der Waals surface area contributed by atoms with Crippen molar-refractivity contribution >= 4 is 5.91 Å². The molecule has 1 saturated heterocycles. The second-order valence-electron chi connectivity index (χ2n) is 6.34. The molecule has 1 heterocycles. The Morgan fingerprint density at radius 3 is 2.18 bits per heavy atom. The van der Waals surface area contributed by atoms with E-state index in [4.69, 9.17) is 4.74 Å².